The van der Waals surface area contributed by atoms with Crippen LogP contribution >= 0.6 is 0 Å². The molecule has 1 aromatic carbocycles. The molecule has 0 fully saturated rings. The van der Waals surface area contributed by atoms with Crippen LogP contribution in [-0.4, -0.2) is 5.16 Å². The Morgan fingerprint density at radius 1 is 1.28 bits per heavy atom. The predicted octanol–water partition coefficient (Wildman–Crippen LogP) is 3.40. The largest absolute Gasteiger partial charge is 0.381 e. The summed E-state index contributed by atoms with van der Waals surface area (Å²) in [4.78, 5) is 0. The zero-order chi connectivity index (χ0) is 13.3. The van der Waals surface area contributed by atoms with Gasteiger partial charge in [0.1, 0.15) is 11.6 Å². The van der Waals surface area contributed by atoms with Gasteiger partial charge in [0.15, 0.2) is 11.6 Å². The van der Waals surface area contributed by atoms with Crippen LogP contribution in [0.25, 0.3) is 11.3 Å². The molecule has 2 aromatic rings. The lowest BCUT2D eigenvalue weighted by Crippen LogP contribution is -2.00. The number of rotatable bonds is 3. The highest BCUT2D eigenvalue weighted by Crippen LogP contribution is 2.33. The second-order valence-electron chi connectivity index (χ2n) is 4.57. The van der Waals surface area contributed by atoms with Crippen molar-refractivity contribution in [2.45, 2.75) is 20.3 Å². The molecule has 2 N–H and O–H groups in total. The molecule has 1 aromatic heterocycles. The van der Waals surface area contributed by atoms with Crippen LogP contribution in [-0.2, 0) is 6.42 Å². The minimum Gasteiger partial charge on any atom is -0.381 e. The zero-order valence-electron chi connectivity index (χ0n) is 10.2. The molecule has 0 radical (unpaired) electrons. The lowest BCUT2D eigenvalue weighted by molar-refractivity contribution is 0.428. The first kappa shape index (κ1) is 12.5. The van der Waals surface area contributed by atoms with Gasteiger partial charge in [-0.2, -0.15) is 0 Å². The highest BCUT2D eigenvalue weighted by atomic mass is 19.1. The molecule has 0 amide bonds. The molecule has 0 aliphatic heterocycles. The van der Waals surface area contributed by atoms with Crippen molar-refractivity contribution < 1.29 is 13.3 Å². The highest BCUT2D eigenvalue weighted by Gasteiger charge is 2.22. The molecule has 0 unspecified atom stereocenters. The van der Waals surface area contributed by atoms with Gasteiger partial charge >= 0.3 is 0 Å². The lowest BCUT2D eigenvalue weighted by Gasteiger charge is -2.06. The molecular formula is C13H14F2N2O. The Balaban J connectivity index is 2.58. The summed E-state index contributed by atoms with van der Waals surface area (Å²) in [5.74, 6) is -0.828. The van der Waals surface area contributed by atoms with E-state index in [0.717, 1.165) is 0 Å². The minimum absolute atomic E-state index is 0.0804. The van der Waals surface area contributed by atoms with Crippen LogP contribution in [0.5, 0.6) is 0 Å². The first-order chi connectivity index (χ1) is 8.50. The van der Waals surface area contributed by atoms with Crippen molar-refractivity contribution in [3.05, 3.63) is 35.4 Å². The summed E-state index contributed by atoms with van der Waals surface area (Å²) in [6.45, 7) is 3.96. The van der Waals surface area contributed by atoms with Gasteiger partial charge < -0.3 is 10.3 Å². The van der Waals surface area contributed by atoms with Crippen LogP contribution < -0.4 is 5.73 Å². The first-order valence-corrected chi connectivity index (χ1v) is 5.69. The molecule has 0 saturated carbocycles. The number of aromatic nitrogens is 1. The number of hydrogen-bond acceptors (Lipinski definition) is 3. The molecule has 0 aliphatic rings. The van der Waals surface area contributed by atoms with E-state index in [2.05, 4.69) is 5.16 Å². The zero-order valence-corrected chi connectivity index (χ0v) is 10.2. The van der Waals surface area contributed by atoms with Crippen LogP contribution in [0.2, 0.25) is 0 Å². The maximum atomic E-state index is 13.7. The van der Waals surface area contributed by atoms with Crippen molar-refractivity contribution in [3.8, 4) is 11.3 Å². The van der Waals surface area contributed by atoms with Crippen molar-refractivity contribution in [3.63, 3.8) is 0 Å². The molecule has 0 atom stereocenters. The highest BCUT2D eigenvalue weighted by molar-refractivity contribution is 5.67. The van der Waals surface area contributed by atoms with Crippen LogP contribution in [0.1, 0.15) is 19.4 Å². The Bertz CT molecular complexity index is 544. The lowest BCUT2D eigenvalue weighted by atomic mass is 9.99. The van der Waals surface area contributed by atoms with Crippen molar-refractivity contribution >= 4 is 5.82 Å². The number of nitrogen functional groups attached to an aromatic ring is 1. The van der Waals surface area contributed by atoms with E-state index in [-0.39, 0.29) is 23.1 Å². The normalized spacial score (nSPS) is 11.2. The molecule has 1 heterocycles. The molecule has 5 heteroatoms. The van der Waals surface area contributed by atoms with E-state index in [0.29, 0.717) is 12.0 Å². The van der Waals surface area contributed by atoms with E-state index in [1.807, 2.05) is 13.8 Å². The summed E-state index contributed by atoms with van der Waals surface area (Å²) in [6.07, 6.45) is 0.554. The molecule has 96 valence electrons. The van der Waals surface area contributed by atoms with Crippen molar-refractivity contribution in [2.75, 3.05) is 5.73 Å². The fourth-order valence-corrected chi connectivity index (χ4v) is 1.84. The molecule has 0 spiro atoms. The summed E-state index contributed by atoms with van der Waals surface area (Å²) in [6, 6.07) is 3.66. The maximum absolute atomic E-state index is 13.7. The molecule has 2 rings (SSSR count). The second kappa shape index (κ2) is 4.76. The number of nitrogens with two attached hydrogens (primary N) is 1. The summed E-state index contributed by atoms with van der Waals surface area (Å²) in [5, 5.41) is 3.60. The summed E-state index contributed by atoms with van der Waals surface area (Å²) in [7, 11) is 0. The van der Waals surface area contributed by atoms with Gasteiger partial charge in [0.2, 0.25) is 0 Å². The fraction of sp³-hybridized carbons (Fsp3) is 0.308. The van der Waals surface area contributed by atoms with Gasteiger partial charge in [-0.1, -0.05) is 25.1 Å². The summed E-state index contributed by atoms with van der Waals surface area (Å²) >= 11 is 0. The van der Waals surface area contributed by atoms with Crippen LogP contribution in [0.15, 0.2) is 22.7 Å². The quantitative estimate of drug-likeness (QED) is 0.910. The van der Waals surface area contributed by atoms with E-state index in [1.165, 1.54) is 18.2 Å². The first-order valence-electron chi connectivity index (χ1n) is 5.69. The minimum atomic E-state index is -0.684. The van der Waals surface area contributed by atoms with Gasteiger partial charge in [-0.3, -0.25) is 0 Å². The fourth-order valence-electron chi connectivity index (χ4n) is 1.84. The second-order valence-corrected chi connectivity index (χ2v) is 4.57. The molecular weight excluding hydrogens is 238 g/mol. The van der Waals surface area contributed by atoms with Gasteiger partial charge in [0.25, 0.3) is 0 Å². The third-order valence-electron chi connectivity index (χ3n) is 2.62. The third kappa shape index (κ3) is 2.20. The molecule has 0 aliphatic carbocycles. The smallest absolute Gasteiger partial charge is 0.178 e. The van der Waals surface area contributed by atoms with E-state index >= 15 is 0 Å². The monoisotopic (exact) mass is 252 g/mol. The van der Waals surface area contributed by atoms with E-state index in [9.17, 15) is 8.78 Å². The standard InChI is InChI=1S/C13H14F2N2O/c1-7(2)6-8-12(18-17-13(8)16)11-9(14)4-3-5-10(11)15/h3-5,7H,6H2,1-2H3,(H2,16,17). The molecule has 0 saturated heterocycles. The van der Waals surface area contributed by atoms with Crippen LogP contribution in [0.4, 0.5) is 14.6 Å². The van der Waals surface area contributed by atoms with E-state index in [4.69, 9.17) is 10.3 Å². The van der Waals surface area contributed by atoms with E-state index in [1.54, 1.807) is 0 Å². The number of hydrogen-bond donors (Lipinski definition) is 1. The maximum Gasteiger partial charge on any atom is 0.178 e. The summed E-state index contributed by atoms with van der Waals surface area (Å²) in [5.41, 5.74) is 6.02. The summed E-state index contributed by atoms with van der Waals surface area (Å²) < 4.78 is 32.4. The van der Waals surface area contributed by atoms with Crippen molar-refractivity contribution in [1.29, 1.82) is 0 Å². The van der Waals surface area contributed by atoms with Gasteiger partial charge in [-0.25, -0.2) is 8.78 Å². The third-order valence-corrected chi connectivity index (χ3v) is 2.62. The Morgan fingerprint density at radius 3 is 2.44 bits per heavy atom. The average molecular weight is 252 g/mol. The van der Waals surface area contributed by atoms with Gasteiger partial charge in [0.05, 0.1) is 5.56 Å². The Labute approximate surface area is 104 Å². The number of nitrogens with zero attached hydrogens (tertiary/aromatic N) is 1. The predicted molar refractivity (Wildman–Crippen MR) is 64.8 cm³/mol. The Morgan fingerprint density at radius 2 is 1.89 bits per heavy atom. The number of benzene rings is 1. The number of anilines is 1. The Kier molecular flexibility index (Phi) is 3.32. The van der Waals surface area contributed by atoms with Gasteiger partial charge in [0, 0.05) is 5.56 Å². The van der Waals surface area contributed by atoms with Crippen LogP contribution in [0.3, 0.4) is 0 Å². The van der Waals surface area contributed by atoms with Crippen LogP contribution in [0, 0.1) is 17.6 Å². The van der Waals surface area contributed by atoms with Gasteiger partial charge in [-0.15, -0.1) is 0 Å². The molecule has 0 bridgehead atoms. The van der Waals surface area contributed by atoms with Crippen molar-refractivity contribution in [1.82, 2.24) is 5.16 Å². The number of halogens is 2. The van der Waals surface area contributed by atoms with Gasteiger partial charge in [-0.05, 0) is 24.5 Å². The van der Waals surface area contributed by atoms with E-state index < -0.39 is 11.6 Å². The van der Waals surface area contributed by atoms with Crippen molar-refractivity contribution in [2.24, 2.45) is 5.92 Å². The average Bonchev–Trinajstić information content (AvgIpc) is 2.61. The topological polar surface area (TPSA) is 52.0 Å². The molecule has 18 heavy (non-hydrogen) atoms. The Hall–Kier alpha value is -1.91. The SMILES string of the molecule is CC(C)Cc1c(N)noc1-c1c(F)cccc1F. The molecule has 3 nitrogen and oxygen atoms in total.